The van der Waals surface area contributed by atoms with Gasteiger partial charge in [-0.15, -0.1) is 0 Å². The van der Waals surface area contributed by atoms with Crippen molar-refractivity contribution in [2.24, 2.45) is 4.99 Å². The first-order valence-electron chi connectivity index (χ1n) is 4.80. The predicted molar refractivity (Wildman–Crippen MR) is 50.3 cm³/mol. The number of ketones is 1. The van der Waals surface area contributed by atoms with Gasteiger partial charge < -0.3 is 4.90 Å². The highest BCUT2D eigenvalue weighted by atomic mass is 16.1. The van der Waals surface area contributed by atoms with E-state index < -0.39 is 0 Å². The molecule has 0 aromatic heterocycles. The van der Waals surface area contributed by atoms with Crippen molar-refractivity contribution in [2.45, 2.75) is 25.7 Å². The molecule has 1 radical (unpaired) electrons. The van der Waals surface area contributed by atoms with Crippen LogP contribution in [0.3, 0.4) is 0 Å². The Morgan fingerprint density at radius 2 is 2.08 bits per heavy atom. The van der Waals surface area contributed by atoms with Crippen LogP contribution in [-0.4, -0.2) is 30.0 Å². The van der Waals surface area contributed by atoms with Crippen LogP contribution in [0.15, 0.2) is 10.7 Å². The average molecular weight is 177 g/mol. The lowest BCUT2D eigenvalue weighted by Gasteiger charge is -2.29. The maximum absolute atomic E-state index is 11.5. The predicted octanol–water partition coefficient (Wildman–Crippen LogP) is 1.16. The van der Waals surface area contributed by atoms with Crippen LogP contribution in [0.5, 0.6) is 0 Å². The molecule has 2 heterocycles. The molecule has 2 aliphatic heterocycles. The summed E-state index contributed by atoms with van der Waals surface area (Å²) < 4.78 is 0. The molecule has 0 aliphatic carbocycles. The fourth-order valence-corrected chi connectivity index (χ4v) is 1.76. The number of piperidine rings is 1. The number of likely N-dealkylation sites (tertiary alicyclic amines) is 1. The Balaban J connectivity index is 2.09. The first-order valence-corrected chi connectivity index (χ1v) is 4.80. The third-order valence-corrected chi connectivity index (χ3v) is 2.47. The number of hydrogen-bond donors (Lipinski definition) is 0. The molecule has 1 fully saturated rings. The van der Waals surface area contributed by atoms with Crippen LogP contribution in [0.25, 0.3) is 0 Å². The SMILES string of the molecule is O=C1CC=N[C]=C1N1CCCCC1. The molecule has 0 spiro atoms. The van der Waals surface area contributed by atoms with Gasteiger partial charge in [-0.25, -0.2) is 0 Å². The van der Waals surface area contributed by atoms with Gasteiger partial charge in [-0.1, -0.05) is 0 Å². The highest BCUT2D eigenvalue weighted by molar-refractivity contribution is 6.03. The van der Waals surface area contributed by atoms with E-state index in [1.807, 2.05) is 0 Å². The minimum absolute atomic E-state index is 0.164. The van der Waals surface area contributed by atoms with Gasteiger partial charge in [0.15, 0.2) is 5.78 Å². The Bertz CT molecular complexity index is 262. The number of allylic oxidation sites excluding steroid dienone is 1. The largest absolute Gasteiger partial charge is 0.367 e. The minimum Gasteiger partial charge on any atom is -0.367 e. The number of carbonyl (C=O) groups is 1. The molecule has 3 heteroatoms. The van der Waals surface area contributed by atoms with E-state index in [0.717, 1.165) is 13.1 Å². The lowest BCUT2D eigenvalue weighted by atomic mass is 10.1. The molecule has 2 rings (SSSR count). The second-order valence-electron chi connectivity index (χ2n) is 3.45. The molecule has 69 valence electrons. The smallest absolute Gasteiger partial charge is 0.186 e. The normalized spacial score (nSPS) is 23.2. The number of carbonyl (C=O) groups excluding carboxylic acids is 1. The average Bonchev–Trinajstić information content (AvgIpc) is 2.20. The summed E-state index contributed by atoms with van der Waals surface area (Å²) in [4.78, 5) is 17.5. The zero-order valence-electron chi connectivity index (χ0n) is 7.62. The number of nitrogens with zero attached hydrogens (tertiary/aromatic N) is 2. The van der Waals surface area contributed by atoms with Crippen molar-refractivity contribution < 1.29 is 4.79 Å². The fraction of sp³-hybridized carbons (Fsp3) is 0.600. The maximum Gasteiger partial charge on any atom is 0.186 e. The zero-order valence-corrected chi connectivity index (χ0v) is 7.62. The van der Waals surface area contributed by atoms with E-state index in [2.05, 4.69) is 16.1 Å². The molecular formula is C10H13N2O. The maximum atomic E-state index is 11.5. The fourth-order valence-electron chi connectivity index (χ4n) is 1.76. The second kappa shape index (κ2) is 3.73. The van der Waals surface area contributed by atoms with Crippen LogP contribution in [0.1, 0.15) is 25.7 Å². The molecule has 0 saturated carbocycles. The first-order chi connectivity index (χ1) is 6.38. The molecule has 1 saturated heterocycles. The van der Waals surface area contributed by atoms with Crippen molar-refractivity contribution in [3.8, 4) is 0 Å². The van der Waals surface area contributed by atoms with Crippen LogP contribution in [-0.2, 0) is 4.79 Å². The van der Waals surface area contributed by atoms with E-state index >= 15 is 0 Å². The summed E-state index contributed by atoms with van der Waals surface area (Å²) >= 11 is 0. The van der Waals surface area contributed by atoms with E-state index in [1.54, 1.807) is 6.21 Å². The van der Waals surface area contributed by atoms with E-state index in [4.69, 9.17) is 0 Å². The summed E-state index contributed by atoms with van der Waals surface area (Å²) in [6.45, 7) is 1.98. The Morgan fingerprint density at radius 3 is 2.77 bits per heavy atom. The summed E-state index contributed by atoms with van der Waals surface area (Å²) in [6, 6.07) is 0. The monoisotopic (exact) mass is 177 g/mol. The standard InChI is InChI=1S/C10H13N2O/c13-10-4-5-11-8-9(10)12-6-2-1-3-7-12/h5H,1-4,6-7H2. The number of aliphatic imine (C=N–C) groups is 1. The Morgan fingerprint density at radius 1 is 1.31 bits per heavy atom. The van der Waals surface area contributed by atoms with Gasteiger partial charge in [0, 0.05) is 25.7 Å². The van der Waals surface area contributed by atoms with Gasteiger partial charge in [0.05, 0.1) is 0 Å². The van der Waals surface area contributed by atoms with Gasteiger partial charge in [0.2, 0.25) is 0 Å². The molecule has 13 heavy (non-hydrogen) atoms. The van der Waals surface area contributed by atoms with Crippen molar-refractivity contribution in [1.82, 2.24) is 4.90 Å². The van der Waals surface area contributed by atoms with E-state index in [0.29, 0.717) is 12.1 Å². The molecule has 0 aromatic rings. The van der Waals surface area contributed by atoms with Gasteiger partial charge in [-0.05, 0) is 19.3 Å². The van der Waals surface area contributed by atoms with E-state index in [1.165, 1.54) is 19.3 Å². The lowest BCUT2D eigenvalue weighted by Crippen LogP contribution is -2.33. The van der Waals surface area contributed by atoms with Gasteiger partial charge >= 0.3 is 0 Å². The van der Waals surface area contributed by atoms with Crippen LogP contribution in [0, 0.1) is 6.20 Å². The third kappa shape index (κ3) is 1.79. The molecule has 3 nitrogen and oxygen atoms in total. The summed E-state index contributed by atoms with van der Waals surface area (Å²) in [6.07, 6.45) is 8.51. The lowest BCUT2D eigenvalue weighted by molar-refractivity contribution is -0.116. The Labute approximate surface area is 78.1 Å². The Kier molecular flexibility index (Phi) is 2.43. The van der Waals surface area contributed by atoms with Crippen molar-refractivity contribution in [2.75, 3.05) is 13.1 Å². The molecule has 0 bridgehead atoms. The van der Waals surface area contributed by atoms with E-state index in [-0.39, 0.29) is 5.78 Å². The molecule has 2 aliphatic rings. The van der Waals surface area contributed by atoms with Crippen LogP contribution < -0.4 is 0 Å². The molecule has 0 aromatic carbocycles. The first kappa shape index (κ1) is 8.48. The van der Waals surface area contributed by atoms with Gasteiger partial charge in [0.25, 0.3) is 0 Å². The van der Waals surface area contributed by atoms with Crippen molar-refractivity contribution in [3.63, 3.8) is 0 Å². The quantitative estimate of drug-likeness (QED) is 0.602. The van der Waals surface area contributed by atoms with Gasteiger partial charge in [-0.3, -0.25) is 9.79 Å². The Hall–Kier alpha value is -1.12. The number of rotatable bonds is 1. The number of Topliss-reactive ketones (excluding diaryl/α,β-unsaturated/α-hetero) is 1. The molecule has 0 amide bonds. The second-order valence-corrected chi connectivity index (χ2v) is 3.45. The summed E-state index contributed by atoms with van der Waals surface area (Å²) in [5.41, 5.74) is 0.696. The zero-order chi connectivity index (χ0) is 9.10. The topological polar surface area (TPSA) is 32.7 Å². The highest BCUT2D eigenvalue weighted by Crippen LogP contribution is 2.17. The van der Waals surface area contributed by atoms with Gasteiger partial charge in [0.1, 0.15) is 11.9 Å². The van der Waals surface area contributed by atoms with E-state index in [9.17, 15) is 4.79 Å². The van der Waals surface area contributed by atoms with Crippen molar-refractivity contribution in [1.29, 1.82) is 0 Å². The highest BCUT2D eigenvalue weighted by Gasteiger charge is 2.20. The molecule has 0 N–H and O–H groups in total. The van der Waals surface area contributed by atoms with Crippen molar-refractivity contribution >= 4 is 12.0 Å². The van der Waals surface area contributed by atoms with Gasteiger partial charge in [-0.2, -0.15) is 0 Å². The summed E-state index contributed by atoms with van der Waals surface area (Å²) in [5.74, 6) is 0.164. The van der Waals surface area contributed by atoms with Crippen molar-refractivity contribution in [3.05, 3.63) is 11.9 Å². The third-order valence-electron chi connectivity index (χ3n) is 2.47. The number of hydrogen-bond acceptors (Lipinski definition) is 3. The van der Waals surface area contributed by atoms with Crippen LogP contribution >= 0.6 is 0 Å². The molecule has 0 atom stereocenters. The molecule has 0 unspecified atom stereocenters. The summed E-state index contributed by atoms with van der Waals surface area (Å²) in [5, 5.41) is 0. The molecular weight excluding hydrogens is 164 g/mol. The summed E-state index contributed by atoms with van der Waals surface area (Å²) in [7, 11) is 0. The minimum atomic E-state index is 0.164. The van der Waals surface area contributed by atoms with Crippen LogP contribution in [0.4, 0.5) is 0 Å². The van der Waals surface area contributed by atoms with Crippen LogP contribution in [0.2, 0.25) is 0 Å².